The molecule has 0 radical (unpaired) electrons. The molecule has 2 N–H and O–H groups in total. The van der Waals surface area contributed by atoms with E-state index in [1.165, 1.54) is 0 Å². The van der Waals surface area contributed by atoms with Crippen molar-refractivity contribution in [3.8, 4) is 0 Å². The molecule has 0 amide bonds. The third-order valence-corrected chi connectivity index (χ3v) is 3.97. The molecule has 1 aromatic carbocycles. The van der Waals surface area contributed by atoms with Crippen molar-refractivity contribution in [3.05, 3.63) is 50.4 Å². The smallest absolute Gasteiger partial charge is 0.107 e. The van der Waals surface area contributed by atoms with Crippen LogP contribution in [0.4, 0.5) is 0 Å². The Hall–Kier alpha value is -0.750. The fourth-order valence-corrected chi connectivity index (χ4v) is 2.79. The Morgan fingerprint density at radius 1 is 1.50 bits per heavy atom. The molecule has 0 fully saturated rings. The molecule has 0 aliphatic carbocycles. The number of aromatic nitrogens is 1. The van der Waals surface area contributed by atoms with E-state index in [0.717, 1.165) is 20.7 Å². The molecule has 1 heterocycles. The second-order valence-corrected chi connectivity index (χ2v) is 5.94. The normalized spacial score (nSPS) is 12.6. The number of aliphatic hydroxyl groups excluding tert-OH is 1. The Labute approximate surface area is 119 Å². The second kappa shape index (κ2) is 6.43. The number of thiazole rings is 1. The van der Waals surface area contributed by atoms with Gasteiger partial charge in [-0.25, -0.2) is 4.98 Å². The van der Waals surface area contributed by atoms with Crippen LogP contribution in [0.1, 0.15) is 22.4 Å². The lowest BCUT2D eigenvalue weighted by Crippen LogP contribution is -2.21. The van der Waals surface area contributed by atoms with Crippen LogP contribution in [0.3, 0.4) is 0 Å². The third-order valence-electron chi connectivity index (χ3n) is 2.51. The SMILES string of the molecule is Cc1csc(CNCC(O)c2cccc(Br)c2)n1. The highest BCUT2D eigenvalue weighted by Gasteiger charge is 2.07. The van der Waals surface area contributed by atoms with E-state index < -0.39 is 6.10 Å². The molecule has 1 unspecified atom stereocenters. The van der Waals surface area contributed by atoms with Crippen LogP contribution in [-0.2, 0) is 6.54 Å². The number of aryl methyl sites for hydroxylation is 1. The van der Waals surface area contributed by atoms with Crippen LogP contribution in [-0.4, -0.2) is 16.6 Å². The van der Waals surface area contributed by atoms with Crippen LogP contribution in [0.25, 0.3) is 0 Å². The van der Waals surface area contributed by atoms with Gasteiger partial charge in [0.05, 0.1) is 6.10 Å². The van der Waals surface area contributed by atoms with Gasteiger partial charge in [0.15, 0.2) is 0 Å². The maximum atomic E-state index is 10.0. The first-order valence-corrected chi connectivity index (χ1v) is 7.37. The van der Waals surface area contributed by atoms with E-state index in [4.69, 9.17) is 0 Å². The van der Waals surface area contributed by atoms with Crippen LogP contribution in [0.2, 0.25) is 0 Å². The van der Waals surface area contributed by atoms with E-state index >= 15 is 0 Å². The highest BCUT2D eigenvalue weighted by atomic mass is 79.9. The van der Waals surface area contributed by atoms with Crippen LogP contribution in [0.5, 0.6) is 0 Å². The maximum absolute atomic E-state index is 10.0. The molecule has 0 saturated carbocycles. The van der Waals surface area contributed by atoms with Gasteiger partial charge in [0.1, 0.15) is 5.01 Å². The summed E-state index contributed by atoms with van der Waals surface area (Å²) in [5, 5.41) is 16.3. The lowest BCUT2D eigenvalue weighted by molar-refractivity contribution is 0.174. The first kappa shape index (κ1) is 13.7. The van der Waals surface area contributed by atoms with Gasteiger partial charge in [0.25, 0.3) is 0 Å². The van der Waals surface area contributed by atoms with E-state index in [2.05, 4.69) is 26.2 Å². The Kier molecular flexibility index (Phi) is 4.88. The minimum atomic E-state index is -0.497. The molecule has 1 aromatic heterocycles. The van der Waals surface area contributed by atoms with Crippen molar-refractivity contribution in [1.29, 1.82) is 0 Å². The fraction of sp³-hybridized carbons (Fsp3) is 0.308. The molecule has 0 saturated heterocycles. The number of nitrogens with one attached hydrogen (secondary N) is 1. The highest BCUT2D eigenvalue weighted by molar-refractivity contribution is 9.10. The number of benzene rings is 1. The van der Waals surface area contributed by atoms with Crippen molar-refractivity contribution in [3.63, 3.8) is 0 Å². The summed E-state index contributed by atoms with van der Waals surface area (Å²) in [6.45, 7) is 3.20. The fourth-order valence-electron chi connectivity index (χ4n) is 1.63. The molecule has 1 atom stereocenters. The molecule has 2 rings (SSSR count). The quantitative estimate of drug-likeness (QED) is 0.887. The van der Waals surface area contributed by atoms with Gasteiger partial charge in [-0.3, -0.25) is 0 Å². The highest BCUT2D eigenvalue weighted by Crippen LogP contribution is 2.17. The Morgan fingerprint density at radius 2 is 2.33 bits per heavy atom. The van der Waals surface area contributed by atoms with Crippen molar-refractivity contribution in [2.75, 3.05) is 6.54 Å². The zero-order valence-electron chi connectivity index (χ0n) is 10.1. The lowest BCUT2D eigenvalue weighted by atomic mass is 10.1. The maximum Gasteiger partial charge on any atom is 0.107 e. The number of nitrogens with zero attached hydrogens (tertiary/aromatic N) is 1. The molecule has 5 heteroatoms. The lowest BCUT2D eigenvalue weighted by Gasteiger charge is -2.11. The first-order valence-electron chi connectivity index (χ1n) is 5.70. The summed E-state index contributed by atoms with van der Waals surface area (Å²) in [7, 11) is 0. The minimum Gasteiger partial charge on any atom is -0.387 e. The van der Waals surface area contributed by atoms with Gasteiger partial charge < -0.3 is 10.4 Å². The van der Waals surface area contributed by atoms with E-state index in [1.54, 1.807) is 11.3 Å². The molecule has 2 aromatic rings. The number of hydrogen-bond acceptors (Lipinski definition) is 4. The van der Waals surface area contributed by atoms with Crippen LogP contribution < -0.4 is 5.32 Å². The van der Waals surface area contributed by atoms with Crippen LogP contribution >= 0.6 is 27.3 Å². The van der Waals surface area contributed by atoms with Crippen molar-refractivity contribution in [2.24, 2.45) is 0 Å². The van der Waals surface area contributed by atoms with E-state index in [-0.39, 0.29) is 0 Å². The largest absolute Gasteiger partial charge is 0.387 e. The van der Waals surface area contributed by atoms with Crippen molar-refractivity contribution < 1.29 is 5.11 Å². The summed E-state index contributed by atoms with van der Waals surface area (Å²) in [5.74, 6) is 0. The van der Waals surface area contributed by atoms with Gasteiger partial charge in [-0.15, -0.1) is 11.3 Å². The van der Waals surface area contributed by atoms with Gasteiger partial charge in [-0.1, -0.05) is 28.1 Å². The summed E-state index contributed by atoms with van der Waals surface area (Å²) in [5.41, 5.74) is 1.96. The first-order chi connectivity index (χ1) is 8.65. The Bertz CT molecular complexity index is 515. The molecule has 0 bridgehead atoms. The Balaban J connectivity index is 1.83. The average molecular weight is 327 g/mol. The molecule has 0 aliphatic heterocycles. The van der Waals surface area contributed by atoms with Crippen LogP contribution in [0.15, 0.2) is 34.1 Å². The standard InChI is InChI=1S/C13H15BrN2OS/c1-9-8-18-13(16-9)7-15-6-12(17)10-3-2-4-11(14)5-10/h2-5,8,12,15,17H,6-7H2,1H3. The third kappa shape index (κ3) is 3.88. The number of aliphatic hydroxyl groups is 1. The van der Waals surface area contributed by atoms with Gasteiger partial charge in [0, 0.05) is 28.6 Å². The number of halogens is 1. The van der Waals surface area contributed by atoms with Gasteiger partial charge in [-0.05, 0) is 24.6 Å². The van der Waals surface area contributed by atoms with E-state index in [1.807, 2.05) is 36.6 Å². The summed E-state index contributed by atoms with van der Waals surface area (Å²) in [6.07, 6.45) is -0.497. The Morgan fingerprint density at radius 3 is 3.00 bits per heavy atom. The summed E-state index contributed by atoms with van der Waals surface area (Å²) < 4.78 is 0.981. The minimum absolute atomic E-state index is 0.497. The van der Waals surface area contributed by atoms with Gasteiger partial charge in [-0.2, -0.15) is 0 Å². The van der Waals surface area contributed by atoms with Crippen LogP contribution in [0, 0.1) is 6.92 Å². The average Bonchev–Trinajstić information content (AvgIpc) is 2.75. The van der Waals surface area contributed by atoms with E-state index in [0.29, 0.717) is 13.1 Å². The zero-order chi connectivity index (χ0) is 13.0. The van der Waals surface area contributed by atoms with Gasteiger partial charge >= 0.3 is 0 Å². The summed E-state index contributed by atoms with van der Waals surface area (Å²) in [4.78, 5) is 4.36. The van der Waals surface area contributed by atoms with Crippen molar-refractivity contribution in [2.45, 2.75) is 19.6 Å². The molecule has 0 aliphatic rings. The monoisotopic (exact) mass is 326 g/mol. The topological polar surface area (TPSA) is 45.1 Å². The molecule has 0 spiro atoms. The molecule has 18 heavy (non-hydrogen) atoms. The summed E-state index contributed by atoms with van der Waals surface area (Å²) in [6, 6.07) is 7.72. The molecule has 96 valence electrons. The van der Waals surface area contributed by atoms with Gasteiger partial charge in [0.2, 0.25) is 0 Å². The predicted molar refractivity (Wildman–Crippen MR) is 77.7 cm³/mol. The molecular formula is C13H15BrN2OS. The van der Waals surface area contributed by atoms with Crippen molar-refractivity contribution in [1.82, 2.24) is 10.3 Å². The molecular weight excluding hydrogens is 312 g/mol. The summed E-state index contributed by atoms with van der Waals surface area (Å²) >= 11 is 5.03. The van der Waals surface area contributed by atoms with E-state index in [9.17, 15) is 5.11 Å². The number of rotatable bonds is 5. The zero-order valence-corrected chi connectivity index (χ0v) is 12.5. The molecule has 3 nitrogen and oxygen atoms in total. The van der Waals surface area contributed by atoms with Crippen molar-refractivity contribution >= 4 is 27.3 Å². The number of hydrogen-bond donors (Lipinski definition) is 2. The second-order valence-electron chi connectivity index (χ2n) is 4.08. The predicted octanol–water partition coefficient (Wildman–Crippen LogP) is 3.04.